The van der Waals surface area contributed by atoms with Crippen LogP contribution in [0.3, 0.4) is 0 Å². The van der Waals surface area contributed by atoms with Crippen molar-refractivity contribution in [3.8, 4) is 5.75 Å². The van der Waals surface area contributed by atoms with Crippen molar-refractivity contribution in [2.24, 2.45) is 0 Å². The van der Waals surface area contributed by atoms with E-state index in [4.69, 9.17) is 17.0 Å². The molecule has 0 saturated heterocycles. The summed E-state index contributed by atoms with van der Waals surface area (Å²) in [6.45, 7) is 2.33. The number of pyridine rings is 1. The molecule has 1 aliphatic rings. The molecule has 7 heteroatoms. The number of thiocarbonyl (C=S) groups is 1. The van der Waals surface area contributed by atoms with Crippen molar-refractivity contribution in [2.45, 2.75) is 19.6 Å². The second kappa shape index (κ2) is 9.40. The fraction of sp³-hybridized carbons (Fsp3) is 0.125. The third kappa shape index (κ3) is 5.07. The van der Waals surface area contributed by atoms with Gasteiger partial charge in [0.15, 0.2) is 5.11 Å². The summed E-state index contributed by atoms with van der Waals surface area (Å²) in [5.41, 5.74) is 3.26. The lowest BCUT2D eigenvalue weighted by molar-refractivity contribution is -0.113. The van der Waals surface area contributed by atoms with Crippen molar-refractivity contribution in [1.82, 2.24) is 15.6 Å². The van der Waals surface area contributed by atoms with Gasteiger partial charge in [-0.2, -0.15) is 0 Å². The van der Waals surface area contributed by atoms with E-state index >= 15 is 0 Å². The molecule has 6 nitrogen and oxygen atoms in total. The maximum absolute atomic E-state index is 13.0. The zero-order valence-electron chi connectivity index (χ0n) is 17.0. The third-order valence-corrected chi connectivity index (χ3v) is 5.10. The Kier molecular flexibility index (Phi) is 6.24. The van der Waals surface area contributed by atoms with E-state index in [9.17, 15) is 4.79 Å². The van der Waals surface area contributed by atoms with Crippen LogP contribution >= 0.6 is 12.2 Å². The van der Waals surface area contributed by atoms with Crippen molar-refractivity contribution in [1.29, 1.82) is 0 Å². The fourth-order valence-corrected chi connectivity index (χ4v) is 3.63. The predicted molar refractivity (Wildman–Crippen MR) is 124 cm³/mol. The second-order valence-electron chi connectivity index (χ2n) is 7.08. The first-order valence-electron chi connectivity index (χ1n) is 9.87. The van der Waals surface area contributed by atoms with Gasteiger partial charge in [0.1, 0.15) is 18.2 Å². The lowest BCUT2D eigenvalue weighted by Gasteiger charge is -2.30. The van der Waals surface area contributed by atoms with E-state index in [1.807, 2.05) is 67.6 Å². The summed E-state index contributed by atoms with van der Waals surface area (Å²) >= 11 is 5.33. The number of benzene rings is 2. The van der Waals surface area contributed by atoms with Crippen molar-refractivity contribution >= 4 is 29.1 Å². The van der Waals surface area contributed by atoms with Gasteiger partial charge in [0.05, 0.1) is 11.6 Å². The highest BCUT2D eigenvalue weighted by molar-refractivity contribution is 7.80. The van der Waals surface area contributed by atoms with Gasteiger partial charge in [-0.25, -0.2) is 4.98 Å². The van der Waals surface area contributed by atoms with E-state index in [0.29, 0.717) is 28.8 Å². The number of ether oxygens (including phenoxy) is 1. The summed E-state index contributed by atoms with van der Waals surface area (Å²) in [7, 11) is 0. The topological polar surface area (TPSA) is 75.3 Å². The molecule has 0 radical (unpaired) electrons. The van der Waals surface area contributed by atoms with Gasteiger partial charge in [0.2, 0.25) is 0 Å². The number of allylic oxidation sites excluding steroid dienone is 1. The van der Waals surface area contributed by atoms with Crippen LogP contribution in [0.5, 0.6) is 5.75 Å². The molecule has 3 aromatic rings. The number of nitrogens with zero attached hydrogens (tertiary/aromatic N) is 1. The van der Waals surface area contributed by atoms with Crippen molar-refractivity contribution < 1.29 is 9.53 Å². The zero-order chi connectivity index (χ0) is 21.6. The van der Waals surface area contributed by atoms with Gasteiger partial charge in [0.25, 0.3) is 5.91 Å². The smallest absolute Gasteiger partial charge is 0.256 e. The monoisotopic (exact) mass is 430 g/mol. The Balaban J connectivity index is 1.52. The molecular formula is C24H22N4O2S. The number of carbonyl (C=O) groups excluding carboxylic acids is 1. The molecule has 0 bridgehead atoms. The average molecular weight is 431 g/mol. The zero-order valence-corrected chi connectivity index (χ0v) is 17.8. The number of hydrogen-bond donors (Lipinski definition) is 3. The van der Waals surface area contributed by atoms with Crippen LogP contribution in [0.4, 0.5) is 5.82 Å². The van der Waals surface area contributed by atoms with Crippen LogP contribution in [0.15, 0.2) is 90.3 Å². The molecule has 31 heavy (non-hydrogen) atoms. The summed E-state index contributed by atoms with van der Waals surface area (Å²) in [5, 5.41) is 9.56. The highest BCUT2D eigenvalue weighted by Crippen LogP contribution is 2.29. The number of amides is 1. The summed E-state index contributed by atoms with van der Waals surface area (Å²) in [5.74, 6) is 1.00. The van der Waals surface area contributed by atoms with Gasteiger partial charge in [-0.15, -0.1) is 0 Å². The molecule has 1 atom stereocenters. The SMILES string of the molecule is CC1=C(C(=O)Nc2ccccn2)C(c2ccc(OCc3ccccc3)cc2)NC(=S)N1. The van der Waals surface area contributed by atoms with Crippen LogP contribution < -0.4 is 20.7 Å². The molecule has 0 aliphatic carbocycles. The highest BCUT2D eigenvalue weighted by Gasteiger charge is 2.30. The van der Waals surface area contributed by atoms with Gasteiger partial charge < -0.3 is 20.7 Å². The highest BCUT2D eigenvalue weighted by atomic mass is 32.1. The van der Waals surface area contributed by atoms with E-state index in [1.165, 1.54) is 0 Å². The Morgan fingerprint density at radius 1 is 1.06 bits per heavy atom. The van der Waals surface area contributed by atoms with Crippen LogP contribution in [0, 0.1) is 0 Å². The normalized spacial score (nSPS) is 15.6. The van der Waals surface area contributed by atoms with E-state index in [2.05, 4.69) is 20.9 Å². The van der Waals surface area contributed by atoms with E-state index < -0.39 is 0 Å². The minimum absolute atomic E-state index is 0.242. The Hall–Kier alpha value is -3.71. The number of nitrogens with one attached hydrogen (secondary N) is 3. The molecule has 4 rings (SSSR count). The Bertz CT molecular complexity index is 1100. The van der Waals surface area contributed by atoms with Crippen molar-refractivity contribution in [3.63, 3.8) is 0 Å². The number of aromatic nitrogens is 1. The first-order chi connectivity index (χ1) is 15.1. The van der Waals surface area contributed by atoms with Crippen LogP contribution in [0.2, 0.25) is 0 Å². The molecule has 0 fully saturated rings. The molecule has 1 aliphatic heterocycles. The van der Waals surface area contributed by atoms with Gasteiger partial charge in [0, 0.05) is 11.9 Å². The Morgan fingerprint density at radius 2 is 1.81 bits per heavy atom. The molecule has 3 N–H and O–H groups in total. The molecule has 156 valence electrons. The second-order valence-corrected chi connectivity index (χ2v) is 7.49. The first-order valence-corrected chi connectivity index (χ1v) is 10.3. The number of anilines is 1. The van der Waals surface area contributed by atoms with Crippen molar-refractivity contribution in [2.75, 3.05) is 5.32 Å². The number of hydrogen-bond acceptors (Lipinski definition) is 4. The summed E-state index contributed by atoms with van der Waals surface area (Å²) in [4.78, 5) is 17.2. The fourth-order valence-electron chi connectivity index (χ4n) is 3.36. The van der Waals surface area contributed by atoms with Crippen LogP contribution in [0.1, 0.15) is 24.1 Å². The van der Waals surface area contributed by atoms with Crippen LogP contribution in [-0.4, -0.2) is 16.0 Å². The largest absolute Gasteiger partial charge is 0.489 e. The average Bonchev–Trinajstić information content (AvgIpc) is 2.79. The minimum Gasteiger partial charge on any atom is -0.489 e. The first kappa shape index (κ1) is 20.6. The van der Waals surface area contributed by atoms with Gasteiger partial charge >= 0.3 is 0 Å². The van der Waals surface area contributed by atoms with Gasteiger partial charge in [-0.1, -0.05) is 48.5 Å². The summed E-state index contributed by atoms with van der Waals surface area (Å²) in [6.07, 6.45) is 1.63. The Morgan fingerprint density at radius 3 is 2.52 bits per heavy atom. The van der Waals surface area contributed by atoms with E-state index in [0.717, 1.165) is 16.9 Å². The molecular weight excluding hydrogens is 408 g/mol. The maximum Gasteiger partial charge on any atom is 0.256 e. The molecule has 0 saturated carbocycles. The quantitative estimate of drug-likeness (QED) is 0.512. The lowest BCUT2D eigenvalue weighted by atomic mass is 9.95. The number of rotatable bonds is 6. The van der Waals surface area contributed by atoms with Crippen LogP contribution in [0.25, 0.3) is 0 Å². The van der Waals surface area contributed by atoms with E-state index in [-0.39, 0.29) is 11.9 Å². The molecule has 1 unspecified atom stereocenters. The van der Waals surface area contributed by atoms with Crippen LogP contribution in [-0.2, 0) is 11.4 Å². The standard InChI is InChI=1S/C24H22N4O2S/c1-16-21(23(29)27-20-9-5-6-14-25-20)22(28-24(31)26-16)18-10-12-19(13-11-18)30-15-17-7-3-2-4-8-17/h2-14,22H,15H2,1H3,(H,25,27,29)(H2,26,28,31). The summed E-state index contributed by atoms with van der Waals surface area (Å²) in [6, 6.07) is 22.6. The third-order valence-electron chi connectivity index (χ3n) is 4.88. The molecule has 1 amide bonds. The lowest BCUT2D eigenvalue weighted by Crippen LogP contribution is -2.45. The molecule has 2 heterocycles. The molecule has 1 aromatic heterocycles. The van der Waals surface area contributed by atoms with Crippen molar-refractivity contribution in [3.05, 3.63) is 101 Å². The molecule has 0 spiro atoms. The summed E-state index contributed by atoms with van der Waals surface area (Å²) < 4.78 is 5.87. The number of carbonyl (C=O) groups is 1. The predicted octanol–water partition coefficient (Wildman–Crippen LogP) is 4.09. The maximum atomic E-state index is 13.0. The molecule has 2 aromatic carbocycles. The van der Waals surface area contributed by atoms with Gasteiger partial charge in [-0.3, -0.25) is 4.79 Å². The van der Waals surface area contributed by atoms with E-state index in [1.54, 1.807) is 18.3 Å². The van der Waals surface area contributed by atoms with Gasteiger partial charge in [-0.05, 0) is 54.5 Å². The Labute approximate surface area is 186 Å². The minimum atomic E-state index is -0.388.